The Morgan fingerprint density at radius 1 is 1.14 bits per heavy atom. The van der Waals surface area contributed by atoms with E-state index in [1.165, 1.54) is 0 Å². The zero-order valence-electron chi connectivity index (χ0n) is 12.6. The Labute approximate surface area is 132 Å². The Hall–Kier alpha value is -1.51. The number of para-hydroxylation sites is 1. The van der Waals surface area contributed by atoms with Crippen LogP contribution in [0.3, 0.4) is 0 Å². The molecule has 2 aromatic rings. The van der Waals surface area contributed by atoms with E-state index in [2.05, 4.69) is 24.4 Å². The predicted molar refractivity (Wildman–Crippen MR) is 89.2 cm³/mol. The molecule has 21 heavy (non-hydrogen) atoms. The predicted octanol–water partition coefficient (Wildman–Crippen LogP) is 4.77. The number of benzene rings is 2. The quantitative estimate of drug-likeness (QED) is 0.795. The van der Waals surface area contributed by atoms with Gasteiger partial charge in [-0.2, -0.15) is 0 Å². The highest BCUT2D eigenvalue weighted by Crippen LogP contribution is 2.22. The topological polar surface area (TPSA) is 21.3 Å². The molecule has 1 unspecified atom stereocenters. The van der Waals surface area contributed by atoms with Crippen LogP contribution in [-0.2, 0) is 0 Å². The zero-order chi connectivity index (χ0) is 15.1. The van der Waals surface area contributed by atoms with Crippen LogP contribution in [0.2, 0.25) is 5.02 Å². The highest BCUT2D eigenvalue weighted by molar-refractivity contribution is 6.31. The summed E-state index contributed by atoms with van der Waals surface area (Å²) in [6, 6.07) is 16.2. The van der Waals surface area contributed by atoms with E-state index in [1.54, 1.807) is 0 Å². The molecule has 0 amide bonds. The molecular weight excluding hydrogens is 282 g/mol. The van der Waals surface area contributed by atoms with E-state index in [-0.39, 0.29) is 6.04 Å². The van der Waals surface area contributed by atoms with E-state index in [9.17, 15) is 0 Å². The molecule has 2 rings (SSSR count). The summed E-state index contributed by atoms with van der Waals surface area (Å²) in [6.07, 6.45) is 1.08. The van der Waals surface area contributed by atoms with Crippen molar-refractivity contribution in [3.63, 3.8) is 0 Å². The lowest BCUT2D eigenvalue weighted by Gasteiger charge is -2.20. The van der Waals surface area contributed by atoms with Gasteiger partial charge >= 0.3 is 0 Å². The van der Waals surface area contributed by atoms with E-state index in [1.807, 2.05) is 43.3 Å². The average Bonchev–Trinajstić information content (AvgIpc) is 2.51. The van der Waals surface area contributed by atoms with Gasteiger partial charge < -0.3 is 10.1 Å². The molecule has 112 valence electrons. The molecule has 0 fully saturated rings. The minimum atomic E-state index is 0.142. The standard InChI is InChI=1S/C18H22ClNO/c1-3-11-20-18(13-21-16-7-5-4-6-8-16)15-10-9-14(2)17(19)12-15/h4-10,12,18,20H,3,11,13H2,1-2H3. The first-order chi connectivity index (χ1) is 10.2. The molecular formula is C18H22ClNO. The summed E-state index contributed by atoms with van der Waals surface area (Å²) >= 11 is 6.24. The van der Waals surface area contributed by atoms with Crippen molar-refractivity contribution in [3.8, 4) is 5.75 Å². The third-order valence-corrected chi connectivity index (χ3v) is 3.81. The van der Waals surface area contributed by atoms with Gasteiger partial charge in [-0.3, -0.25) is 0 Å². The Morgan fingerprint density at radius 2 is 1.90 bits per heavy atom. The number of nitrogens with one attached hydrogen (secondary N) is 1. The second kappa shape index (κ2) is 8.06. The molecule has 2 nitrogen and oxygen atoms in total. The highest BCUT2D eigenvalue weighted by Gasteiger charge is 2.12. The Kier molecular flexibility index (Phi) is 6.09. The van der Waals surface area contributed by atoms with Crippen molar-refractivity contribution in [2.75, 3.05) is 13.2 Å². The number of halogens is 1. The lowest BCUT2D eigenvalue weighted by molar-refractivity contribution is 0.266. The Bertz CT molecular complexity index is 556. The summed E-state index contributed by atoms with van der Waals surface area (Å²) in [5, 5.41) is 4.32. The fraction of sp³-hybridized carbons (Fsp3) is 0.333. The van der Waals surface area contributed by atoms with Crippen molar-refractivity contribution >= 4 is 11.6 Å². The summed E-state index contributed by atoms with van der Waals surface area (Å²) in [5.74, 6) is 0.888. The molecule has 0 bridgehead atoms. The Morgan fingerprint density at radius 3 is 2.57 bits per heavy atom. The second-order valence-electron chi connectivity index (χ2n) is 5.14. The summed E-state index contributed by atoms with van der Waals surface area (Å²) in [4.78, 5) is 0. The van der Waals surface area contributed by atoms with Crippen molar-refractivity contribution in [2.45, 2.75) is 26.3 Å². The molecule has 2 aromatic carbocycles. The van der Waals surface area contributed by atoms with Crippen LogP contribution in [0.25, 0.3) is 0 Å². The number of hydrogen-bond acceptors (Lipinski definition) is 2. The van der Waals surface area contributed by atoms with E-state index < -0.39 is 0 Å². The molecule has 0 heterocycles. The fourth-order valence-corrected chi connectivity index (χ4v) is 2.30. The highest BCUT2D eigenvalue weighted by atomic mass is 35.5. The van der Waals surface area contributed by atoms with Gasteiger partial charge in [-0.25, -0.2) is 0 Å². The van der Waals surface area contributed by atoms with Gasteiger partial charge in [0.2, 0.25) is 0 Å². The largest absolute Gasteiger partial charge is 0.492 e. The van der Waals surface area contributed by atoms with Crippen LogP contribution in [0.4, 0.5) is 0 Å². The first-order valence-corrected chi connectivity index (χ1v) is 7.75. The van der Waals surface area contributed by atoms with Gasteiger partial charge in [-0.15, -0.1) is 0 Å². The molecule has 1 N–H and O–H groups in total. The second-order valence-corrected chi connectivity index (χ2v) is 5.55. The van der Waals surface area contributed by atoms with Crippen molar-refractivity contribution in [1.82, 2.24) is 5.32 Å². The number of ether oxygens (including phenoxy) is 1. The van der Waals surface area contributed by atoms with Gasteiger partial charge in [0.1, 0.15) is 12.4 Å². The fourth-order valence-electron chi connectivity index (χ4n) is 2.11. The molecule has 0 aliphatic rings. The van der Waals surface area contributed by atoms with Gasteiger partial charge in [0.15, 0.2) is 0 Å². The maximum Gasteiger partial charge on any atom is 0.119 e. The third kappa shape index (κ3) is 4.76. The molecule has 0 radical (unpaired) electrons. The first-order valence-electron chi connectivity index (χ1n) is 7.38. The number of hydrogen-bond donors (Lipinski definition) is 1. The molecule has 1 atom stereocenters. The first kappa shape index (κ1) is 15.9. The Balaban J connectivity index is 2.08. The summed E-state index contributed by atoms with van der Waals surface area (Å²) in [7, 11) is 0. The molecule has 0 aliphatic carbocycles. The minimum Gasteiger partial charge on any atom is -0.492 e. The van der Waals surface area contributed by atoms with Gasteiger partial charge in [-0.1, -0.05) is 48.9 Å². The van der Waals surface area contributed by atoms with Crippen LogP contribution in [-0.4, -0.2) is 13.2 Å². The molecule has 3 heteroatoms. The van der Waals surface area contributed by atoms with Crippen molar-refractivity contribution in [2.24, 2.45) is 0 Å². The lowest BCUT2D eigenvalue weighted by Crippen LogP contribution is -2.27. The summed E-state index contributed by atoms with van der Waals surface area (Å²) in [5.41, 5.74) is 2.26. The van der Waals surface area contributed by atoms with Crippen LogP contribution in [0.1, 0.15) is 30.5 Å². The molecule has 0 aromatic heterocycles. The smallest absolute Gasteiger partial charge is 0.119 e. The monoisotopic (exact) mass is 303 g/mol. The van der Waals surface area contributed by atoms with Gasteiger partial charge in [-0.05, 0) is 49.2 Å². The molecule has 0 aliphatic heterocycles. The zero-order valence-corrected chi connectivity index (χ0v) is 13.4. The molecule has 0 spiro atoms. The van der Waals surface area contributed by atoms with E-state index in [0.717, 1.165) is 34.9 Å². The molecule has 0 saturated heterocycles. The summed E-state index contributed by atoms with van der Waals surface area (Å²) in [6.45, 7) is 5.71. The van der Waals surface area contributed by atoms with Crippen LogP contribution in [0, 0.1) is 6.92 Å². The van der Waals surface area contributed by atoms with E-state index in [4.69, 9.17) is 16.3 Å². The van der Waals surface area contributed by atoms with Gasteiger partial charge in [0.25, 0.3) is 0 Å². The van der Waals surface area contributed by atoms with Crippen molar-refractivity contribution < 1.29 is 4.74 Å². The van der Waals surface area contributed by atoms with E-state index >= 15 is 0 Å². The van der Waals surface area contributed by atoms with Crippen LogP contribution >= 0.6 is 11.6 Å². The maximum absolute atomic E-state index is 6.24. The van der Waals surface area contributed by atoms with Crippen molar-refractivity contribution in [1.29, 1.82) is 0 Å². The van der Waals surface area contributed by atoms with Crippen LogP contribution < -0.4 is 10.1 Å². The van der Waals surface area contributed by atoms with Crippen molar-refractivity contribution in [3.05, 3.63) is 64.7 Å². The molecule has 0 saturated carbocycles. The number of aryl methyl sites for hydroxylation is 1. The maximum atomic E-state index is 6.24. The van der Waals surface area contributed by atoms with Gasteiger partial charge in [0.05, 0.1) is 6.04 Å². The normalized spacial score (nSPS) is 12.1. The SMILES string of the molecule is CCCNC(COc1ccccc1)c1ccc(C)c(Cl)c1. The average molecular weight is 304 g/mol. The summed E-state index contributed by atoms with van der Waals surface area (Å²) < 4.78 is 5.88. The van der Waals surface area contributed by atoms with Gasteiger partial charge in [0, 0.05) is 5.02 Å². The van der Waals surface area contributed by atoms with Crippen LogP contribution in [0.15, 0.2) is 48.5 Å². The lowest BCUT2D eigenvalue weighted by atomic mass is 10.1. The van der Waals surface area contributed by atoms with E-state index in [0.29, 0.717) is 6.61 Å². The van der Waals surface area contributed by atoms with Crippen LogP contribution in [0.5, 0.6) is 5.75 Å². The minimum absolute atomic E-state index is 0.142. The number of rotatable bonds is 7. The third-order valence-electron chi connectivity index (χ3n) is 3.40.